The van der Waals surface area contributed by atoms with E-state index in [1.165, 1.54) is 4.90 Å². The number of carbonyl (C=O) groups is 2. The van der Waals surface area contributed by atoms with Crippen LogP contribution in [-0.2, 0) is 19.0 Å². The number of rotatable bonds is 2. The van der Waals surface area contributed by atoms with Crippen LogP contribution in [-0.4, -0.2) is 49.1 Å². The number of carbonyl (C=O) groups excluding carboxylic acids is 2. The fourth-order valence-electron chi connectivity index (χ4n) is 3.22. The second-order valence-electron chi connectivity index (χ2n) is 5.80. The molecule has 7 nitrogen and oxygen atoms in total. The first kappa shape index (κ1) is 16.6. The Balaban J connectivity index is 0.00000161. The van der Waals surface area contributed by atoms with Crippen molar-refractivity contribution in [3.05, 3.63) is 11.8 Å². The van der Waals surface area contributed by atoms with Gasteiger partial charge in [-0.25, -0.2) is 4.79 Å². The molecule has 2 heterocycles. The molecule has 110 valence electrons. The smallest absolute Gasteiger partial charge is 0.545 e. The Hall–Kier alpha value is -0.760. The topological polar surface area (TPSA) is 91.4 Å². The zero-order valence-corrected chi connectivity index (χ0v) is 14.5. The quantitative estimate of drug-likeness (QED) is 0.388. The van der Waals surface area contributed by atoms with E-state index in [9.17, 15) is 14.7 Å². The molecule has 8 heteroatoms. The van der Waals surface area contributed by atoms with E-state index in [-0.39, 0.29) is 53.1 Å². The van der Waals surface area contributed by atoms with Crippen molar-refractivity contribution >= 4 is 12.1 Å². The zero-order valence-electron chi connectivity index (χ0n) is 12.5. The standard InChI is InChI=1S/C13H17NO6.Na/c1-13-8(20-13)4-6-7(10(15)16)5-18-11(9(6)13)19-12(17)14(2)3;/h5-6,8-9,11H,4H2,1-3H3,(H,15,16);/q;+1/p-1. The molecular weight excluding hydrogens is 289 g/mol. The maximum atomic E-state index is 11.7. The van der Waals surface area contributed by atoms with E-state index in [0.717, 1.165) is 6.26 Å². The van der Waals surface area contributed by atoms with Gasteiger partial charge in [-0.3, -0.25) is 0 Å². The third-order valence-electron chi connectivity index (χ3n) is 4.38. The van der Waals surface area contributed by atoms with Crippen molar-refractivity contribution in [2.75, 3.05) is 14.1 Å². The van der Waals surface area contributed by atoms with E-state index in [4.69, 9.17) is 14.2 Å². The third kappa shape index (κ3) is 2.56. The molecule has 5 atom stereocenters. The number of nitrogens with zero attached hydrogens (tertiary/aromatic N) is 1. The number of carboxylic acid groups (broad SMARTS) is 1. The van der Waals surface area contributed by atoms with Gasteiger partial charge in [0.2, 0.25) is 0 Å². The number of amides is 1. The number of fused-ring (bicyclic) bond motifs is 3. The number of hydrogen-bond donors (Lipinski definition) is 0. The van der Waals surface area contributed by atoms with Crippen LogP contribution < -0.4 is 34.7 Å². The molecule has 2 fully saturated rings. The van der Waals surface area contributed by atoms with E-state index in [1.54, 1.807) is 14.1 Å². The van der Waals surface area contributed by atoms with Crippen molar-refractivity contribution < 1.29 is 58.5 Å². The minimum Gasteiger partial charge on any atom is -0.545 e. The van der Waals surface area contributed by atoms with Gasteiger partial charge in [0.1, 0.15) is 5.60 Å². The molecular formula is C13H16NNaO6. The molecule has 3 rings (SSSR count). The summed E-state index contributed by atoms with van der Waals surface area (Å²) in [4.78, 5) is 24.1. The first-order valence-corrected chi connectivity index (χ1v) is 6.47. The predicted molar refractivity (Wildman–Crippen MR) is 63.0 cm³/mol. The van der Waals surface area contributed by atoms with Gasteiger partial charge >= 0.3 is 35.7 Å². The molecule has 0 bridgehead atoms. The van der Waals surface area contributed by atoms with Crippen molar-refractivity contribution in [2.24, 2.45) is 11.8 Å². The maximum absolute atomic E-state index is 11.7. The van der Waals surface area contributed by atoms with Gasteiger partial charge in [-0.05, 0) is 13.3 Å². The van der Waals surface area contributed by atoms with E-state index < -0.39 is 24.0 Å². The van der Waals surface area contributed by atoms with Crippen LogP contribution in [0, 0.1) is 11.8 Å². The van der Waals surface area contributed by atoms with Crippen LogP contribution in [0.5, 0.6) is 0 Å². The molecule has 21 heavy (non-hydrogen) atoms. The molecule has 5 unspecified atom stereocenters. The Kier molecular flexibility index (Phi) is 4.32. The number of carboxylic acids is 1. The van der Waals surface area contributed by atoms with Gasteiger partial charge in [0.25, 0.3) is 6.29 Å². The zero-order chi connectivity index (χ0) is 14.7. The molecule has 0 aromatic heterocycles. The summed E-state index contributed by atoms with van der Waals surface area (Å²) in [6, 6.07) is 0. The summed E-state index contributed by atoms with van der Waals surface area (Å²) in [5.74, 6) is -1.84. The second-order valence-corrected chi connectivity index (χ2v) is 5.80. The Morgan fingerprint density at radius 3 is 2.71 bits per heavy atom. The van der Waals surface area contributed by atoms with E-state index in [1.807, 2.05) is 6.92 Å². The number of aliphatic carboxylic acids is 1. The van der Waals surface area contributed by atoms with Crippen LogP contribution in [0.25, 0.3) is 0 Å². The predicted octanol–water partition coefficient (Wildman–Crippen LogP) is -3.53. The Morgan fingerprint density at radius 1 is 1.48 bits per heavy atom. The molecule has 0 N–H and O–H groups in total. The second kappa shape index (κ2) is 5.46. The summed E-state index contributed by atoms with van der Waals surface area (Å²) in [6.07, 6.45) is 0.336. The fraction of sp³-hybridized carbons (Fsp3) is 0.692. The van der Waals surface area contributed by atoms with Crippen LogP contribution in [0.2, 0.25) is 0 Å². The molecule has 0 aromatic carbocycles. The number of epoxide rings is 1. The molecule has 1 aliphatic carbocycles. The summed E-state index contributed by atoms with van der Waals surface area (Å²) < 4.78 is 16.2. The molecule has 3 aliphatic rings. The van der Waals surface area contributed by atoms with Gasteiger partial charge in [0, 0.05) is 25.6 Å². The van der Waals surface area contributed by atoms with Crippen LogP contribution in [0.15, 0.2) is 11.8 Å². The SMILES string of the molecule is CN(C)C(=O)OC1OC=C(C(=O)[O-])C2CC3OC3(C)C12.[Na+]. The molecule has 0 radical (unpaired) electrons. The Bertz CT molecular complexity index is 507. The summed E-state index contributed by atoms with van der Waals surface area (Å²) >= 11 is 0. The molecule has 0 spiro atoms. The van der Waals surface area contributed by atoms with E-state index >= 15 is 0 Å². The molecule has 0 aromatic rings. The minimum atomic E-state index is -1.25. The maximum Gasteiger partial charge on any atom is 1.00 e. The average molecular weight is 305 g/mol. The van der Waals surface area contributed by atoms with E-state index in [2.05, 4.69) is 0 Å². The van der Waals surface area contributed by atoms with Gasteiger partial charge in [0.15, 0.2) is 0 Å². The average Bonchev–Trinajstić information content (AvgIpc) is 2.91. The van der Waals surface area contributed by atoms with Crippen LogP contribution in [0.4, 0.5) is 4.79 Å². The minimum absolute atomic E-state index is 0. The molecule has 1 saturated carbocycles. The van der Waals surface area contributed by atoms with Crippen molar-refractivity contribution in [1.82, 2.24) is 4.90 Å². The normalized spacial score (nSPS) is 38.9. The van der Waals surface area contributed by atoms with Crippen LogP contribution in [0.3, 0.4) is 0 Å². The van der Waals surface area contributed by atoms with Crippen molar-refractivity contribution in [1.29, 1.82) is 0 Å². The van der Waals surface area contributed by atoms with Crippen molar-refractivity contribution in [2.45, 2.75) is 31.3 Å². The number of hydrogen-bond acceptors (Lipinski definition) is 6. The summed E-state index contributed by atoms with van der Waals surface area (Å²) in [7, 11) is 3.13. The summed E-state index contributed by atoms with van der Waals surface area (Å²) in [5.41, 5.74) is -0.374. The molecule has 2 aliphatic heterocycles. The van der Waals surface area contributed by atoms with Gasteiger partial charge in [-0.1, -0.05) is 0 Å². The third-order valence-corrected chi connectivity index (χ3v) is 4.38. The van der Waals surface area contributed by atoms with Crippen LogP contribution >= 0.6 is 0 Å². The largest absolute Gasteiger partial charge is 1.00 e. The van der Waals surface area contributed by atoms with Gasteiger partial charge < -0.3 is 29.0 Å². The van der Waals surface area contributed by atoms with Gasteiger partial charge in [-0.2, -0.15) is 0 Å². The van der Waals surface area contributed by atoms with Crippen LogP contribution in [0.1, 0.15) is 13.3 Å². The molecule has 1 saturated heterocycles. The Morgan fingerprint density at radius 2 is 2.14 bits per heavy atom. The summed E-state index contributed by atoms with van der Waals surface area (Å²) in [6.45, 7) is 1.89. The molecule has 1 amide bonds. The monoisotopic (exact) mass is 305 g/mol. The first-order chi connectivity index (χ1) is 9.34. The number of ether oxygens (including phenoxy) is 3. The van der Waals surface area contributed by atoms with Crippen molar-refractivity contribution in [3.8, 4) is 0 Å². The van der Waals surface area contributed by atoms with Gasteiger partial charge in [0.05, 0.1) is 24.3 Å². The van der Waals surface area contributed by atoms with E-state index in [0.29, 0.717) is 6.42 Å². The van der Waals surface area contributed by atoms with Crippen molar-refractivity contribution in [3.63, 3.8) is 0 Å². The first-order valence-electron chi connectivity index (χ1n) is 6.47. The van der Waals surface area contributed by atoms with Gasteiger partial charge in [-0.15, -0.1) is 0 Å². The Labute approximate surface area is 144 Å². The fourth-order valence-corrected chi connectivity index (χ4v) is 3.22. The summed E-state index contributed by atoms with van der Waals surface area (Å²) in [5, 5.41) is 11.1.